The van der Waals surface area contributed by atoms with Crippen LogP contribution in [-0.4, -0.2) is 33.8 Å². The van der Waals surface area contributed by atoms with E-state index >= 15 is 0 Å². The van der Waals surface area contributed by atoms with Crippen LogP contribution in [-0.2, 0) is 0 Å². The number of hydrogen-bond donors (Lipinski definition) is 0. The van der Waals surface area contributed by atoms with E-state index in [1.807, 2.05) is 0 Å². The Bertz CT molecular complexity index is 1150. The number of rotatable bonds is 12. The summed E-state index contributed by atoms with van der Waals surface area (Å²) in [6.07, 6.45) is 2.05. The summed E-state index contributed by atoms with van der Waals surface area (Å²) in [4.78, 5) is 74.9. The molecule has 1 heterocycles. The molecular weight excluding hydrogens is 474 g/mol. The molecule has 12 heteroatoms. The summed E-state index contributed by atoms with van der Waals surface area (Å²) in [6.45, 7) is 0. The van der Waals surface area contributed by atoms with E-state index in [-0.39, 0.29) is 35.3 Å². The lowest BCUT2D eigenvalue weighted by atomic mass is 10.2. The predicted octanol–water partition coefficient (Wildman–Crippen LogP) is 3.43. The van der Waals surface area contributed by atoms with Gasteiger partial charge < -0.3 is 0 Å². The number of carbonyl (C=O) groups excluding carboxylic acids is 3. The Morgan fingerprint density at radius 3 is 0.861 bits per heavy atom. The standard InChI is InChI=1S/C24H15N3O9/c28-13-16-1-7-19(8-2-16)31-34-22-25-23(35-32-20-9-3-17(14-29)4-10-20)27-24(26-22)36-33-21-11-5-18(15-30)6-12-21/h1-15H. The average molecular weight is 489 g/mol. The normalized spacial score (nSPS) is 10.0. The highest BCUT2D eigenvalue weighted by atomic mass is 17.2. The molecule has 12 nitrogen and oxygen atoms in total. The van der Waals surface area contributed by atoms with Gasteiger partial charge >= 0.3 is 18.0 Å². The van der Waals surface area contributed by atoms with E-state index in [0.717, 1.165) is 0 Å². The molecule has 180 valence electrons. The molecule has 0 saturated carbocycles. The summed E-state index contributed by atoms with van der Waals surface area (Å²) >= 11 is 0. The Morgan fingerprint density at radius 2 is 0.639 bits per heavy atom. The van der Waals surface area contributed by atoms with Gasteiger partial charge in [-0.05, 0) is 72.8 Å². The van der Waals surface area contributed by atoms with Crippen molar-refractivity contribution in [3.8, 4) is 35.3 Å². The molecule has 1 aromatic heterocycles. The van der Waals surface area contributed by atoms with Gasteiger partial charge in [0.2, 0.25) is 0 Å². The van der Waals surface area contributed by atoms with Gasteiger partial charge in [0.05, 0.1) is 0 Å². The van der Waals surface area contributed by atoms with Crippen molar-refractivity contribution in [1.29, 1.82) is 0 Å². The van der Waals surface area contributed by atoms with Gasteiger partial charge in [-0.25, -0.2) is 14.7 Å². The van der Waals surface area contributed by atoms with Crippen LogP contribution < -0.4 is 29.3 Å². The molecule has 0 radical (unpaired) electrons. The third-order valence-corrected chi connectivity index (χ3v) is 4.26. The quantitative estimate of drug-likeness (QED) is 0.163. The molecule has 0 N–H and O–H groups in total. The van der Waals surface area contributed by atoms with Crippen molar-refractivity contribution < 1.29 is 43.7 Å². The molecule has 4 rings (SSSR count). The van der Waals surface area contributed by atoms with Crippen molar-refractivity contribution >= 4 is 18.9 Å². The van der Waals surface area contributed by atoms with Crippen molar-refractivity contribution in [1.82, 2.24) is 15.0 Å². The van der Waals surface area contributed by atoms with Crippen LogP contribution >= 0.6 is 0 Å². The van der Waals surface area contributed by atoms with Gasteiger partial charge in [0.1, 0.15) is 18.9 Å². The SMILES string of the molecule is O=Cc1ccc(OOc2nc(OOc3ccc(C=O)cc3)nc(OOc3ccc(C=O)cc3)n2)cc1. The lowest BCUT2D eigenvalue weighted by Gasteiger charge is -2.08. The van der Waals surface area contributed by atoms with Crippen LogP contribution in [0.25, 0.3) is 0 Å². The number of benzene rings is 3. The van der Waals surface area contributed by atoms with Crippen LogP contribution in [0.3, 0.4) is 0 Å². The zero-order chi connectivity index (χ0) is 25.2. The Hall–Kier alpha value is -5.52. The Balaban J connectivity index is 1.48. The highest BCUT2D eigenvalue weighted by molar-refractivity contribution is 5.75. The summed E-state index contributed by atoms with van der Waals surface area (Å²) < 4.78 is 0. The maximum Gasteiger partial charge on any atom is 0.376 e. The highest BCUT2D eigenvalue weighted by Gasteiger charge is 2.15. The summed E-state index contributed by atoms with van der Waals surface area (Å²) in [5, 5.41) is 0. The third-order valence-electron chi connectivity index (χ3n) is 4.26. The van der Waals surface area contributed by atoms with E-state index in [9.17, 15) is 14.4 Å². The van der Waals surface area contributed by atoms with Crippen LogP contribution in [0.2, 0.25) is 0 Å². The lowest BCUT2D eigenvalue weighted by Crippen LogP contribution is -2.12. The molecule has 0 aliphatic carbocycles. The zero-order valence-electron chi connectivity index (χ0n) is 18.2. The van der Waals surface area contributed by atoms with Gasteiger partial charge in [-0.3, -0.25) is 29.0 Å². The van der Waals surface area contributed by atoms with Gasteiger partial charge in [0.15, 0.2) is 17.2 Å². The first-order chi connectivity index (χ1) is 17.6. The summed E-state index contributed by atoms with van der Waals surface area (Å²) in [5.41, 5.74) is 1.35. The number of aldehydes is 3. The molecule has 0 aliphatic heterocycles. The molecule has 0 bridgehead atoms. The van der Waals surface area contributed by atoms with Crippen LogP contribution in [0.5, 0.6) is 35.3 Å². The van der Waals surface area contributed by atoms with Crippen molar-refractivity contribution in [2.24, 2.45) is 0 Å². The summed E-state index contributed by atoms with van der Waals surface area (Å²) in [7, 11) is 0. The maximum atomic E-state index is 10.8. The predicted molar refractivity (Wildman–Crippen MR) is 119 cm³/mol. The molecule has 3 aromatic carbocycles. The first-order valence-electron chi connectivity index (χ1n) is 10.1. The van der Waals surface area contributed by atoms with Crippen LogP contribution in [0, 0.1) is 0 Å². The fraction of sp³-hybridized carbons (Fsp3) is 0. The van der Waals surface area contributed by atoms with Gasteiger partial charge in [0.25, 0.3) is 0 Å². The molecule has 0 unspecified atom stereocenters. The van der Waals surface area contributed by atoms with Crippen molar-refractivity contribution in [3.05, 3.63) is 89.5 Å². The molecule has 36 heavy (non-hydrogen) atoms. The average Bonchev–Trinajstić information content (AvgIpc) is 2.94. The largest absolute Gasteiger partial charge is 0.376 e. The second-order valence-electron chi connectivity index (χ2n) is 6.74. The van der Waals surface area contributed by atoms with E-state index in [2.05, 4.69) is 15.0 Å². The topological polar surface area (TPSA) is 145 Å². The first-order valence-corrected chi connectivity index (χ1v) is 10.1. The van der Waals surface area contributed by atoms with E-state index < -0.39 is 0 Å². The molecule has 0 saturated heterocycles. The van der Waals surface area contributed by atoms with Crippen LogP contribution in [0.1, 0.15) is 31.1 Å². The summed E-state index contributed by atoms with van der Waals surface area (Å²) in [5.74, 6) is 0.761. The molecule has 4 aromatic rings. The van der Waals surface area contributed by atoms with Crippen molar-refractivity contribution in [2.75, 3.05) is 0 Å². The van der Waals surface area contributed by atoms with E-state index in [1.165, 1.54) is 72.8 Å². The van der Waals surface area contributed by atoms with Gasteiger partial charge in [-0.1, -0.05) is 0 Å². The van der Waals surface area contributed by atoms with Gasteiger partial charge in [-0.15, -0.1) is 15.0 Å². The Kier molecular flexibility index (Phi) is 7.59. The Morgan fingerprint density at radius 1 is 0.389 bits per heavy atom. The highest BCUT2D eigenvalue weighted by Crippen LogP contribution is 2.20. The van der Waals surface area contributed by atoms with Crippen LogP contribution in [0.4, 0.5) is 0 Å². The van der Waals surface area contributed by atoms with E-state index in [0.29, 0.717) is 35.5 Å². The zero-order valence-corrected chi connectivity index (χ0v) is 18.2. The van der Waals surface area contributed by atoms with Gasteiger partial charge in [0, 0.05) is 16.7 Å². The van der Waals surface area contributed by atoms with Gasteiger partial charge in [-0.2, -0.15) is 0 Å². The van der Waals surface area contributed by atoms with E-state index in [4.69, 9.17) is 29.3 Å². The van der Waals surface area contributed by atoms with Crippen molar-refractivity contribution in [3.63, 3.8) is 0 Å². The molecule has 0 fully saturated rings. The molecule has 0 spiro atoms. The minimum atomic E-state index is -0.380. The minimum absolute atomic E-state index is 0.254. The third kappa shape index (κ3) is 6.51. The lowest BCUT2D eigenvalue weighted by molar-refractivity contribution is -0.133. The number of hydrogen-bond acceptors (Lipinski definition) is 12. The monoisotopic (exact) mass is 489 g/mol. The maximum absolute atomic E-state index is 10.8. The fourth-order valence-corrected chi connectivity index (χ4v) is 2.49. The molecule has 0 aliphatic rings. The number of aromatic nitrogens is 3. The van der Waals surface area contributed by atoms with Crippen molar-refractivity contribution in [2.45, 2.75) is 0 Å². The smallest absolute Gasteiger partial charge is 0.298 e. The minimum Gasteiger partial charge on any atom is -0.298 e. The first kappa shape index (κ1) is 23.6. The second kappa shape index (κ2) is 11.6. The fourth-order valence-electron chi connectivity index (χ4n) is 2.49. The molecule has 0 atom stereocenters. The Labute approximate surface area is 202 Å². The summed E-state index contributed by atoms with van der Waals surface area (Å²) in [6, 6.07) is 17.0. The number of nitrogens with zero attached hydrogens (tertiary/aromatic N) is 3. The second-order valence-corrected chi connectivity index (χ2v) is 6.74. The molecular formula is C24H15N3O9. The van der Waals surface area contributed by atoms with E-state index in [1.54, 1.807) is 0 Å². The number of carbonyl (C=O) groups is 3. The molecule has 0 amide bonds. The van der Waals surface area contributed by atoms with Crippen LogP contribution in [0.15, 0.2) is 72.8 Å².